The van der Waals surface area contributed by atoms with Crippen molar-refractivity contribution in [3.8, 4) is 11.3 Å². The summed E-state index contributed by atoms with van der Waals surface area (Å²) in [5.74, 6) is 1.44. The van der Waals surface area contributed by atoms with Crippen molar-refractivity contribution in [1.82, 2.24) is 25.1 Å². The van der Waals surface area contributed by atoms with E-state index in [1.54, 1.807) is 6.20 Å². The molecule has 0 aliphatic heterocycles. The quantitative estimate of drug-likeness (QED) is 0.580. The van der Waals surface area contributed by atoms with E-state index in [0.29, 0.717) is 35.1 Å². The summed E-state index contributed by atoms with van der Waals surface area (Å²) in [5.41, 5.74) is 9.10. The van der Waals surface area contributed by atoms with Gasteiger partial charge in [0, 0.05) is 42.5 Å². The Morgan fingerprint density at radius 1 is 0.969 bits per heavy atom. The molecule has 5 rings (SSSR count). The Morgan fingerprint density at radius 3 is 2.31 bits per heavy atom. The lowest BCUT2D eigenvalue weighted by atomic mass is 9.87. The zero-order valence-corrected chi connectivity index (χ0v) is 19.8. The molecule has 7 nitrogen and oxygen atoms in total. The Balaban J connectivity index is 1.19. The molecule has 0 aromatic carbocycles. The number of hydrogen-bond donors (Lipinski definition) is 3. The first-order valence-electron chi connectivity index (χ1n) is 12.4. The van der Waals surface area contributed by atoms with Crippen LogP contribution in [0.1, 0.15) is 69.9 Å². The monoisotopic (exact) mass is 457 g/mol. The van der Waals surface area contributed by atoms with E-state index in [-0.39, 0.29) is 0 Å². The van der Waals surface area contributed by atoms with Crippen LogP contribution in [-0.4, -0.2) is 43.9 Å². The van der Waals surface area contributed by atoms with Gasteiger partial charge in [0.1, 0.15) is 0 Å². The van der Waals surface area contributed by atoms with Crippen molar-refractivity contribution in [3.05, 3.63) is 23.1 Å². The lowest BCUT2D eigenvalue weighted by Gasteiger charge is -2.35. The highest BCUT2D eigenvalue weighted by Crippen LogP contribution is 2.37. The summed E-state index contributed by atoms with van der Waals surface area (Å²) in [6, 6.07) is 2.08. The summed E-state index contributed by atoms with van der Waals surface area (Å²) in [6.07, 6.45) is 16.7. The molecule has 0 spiro atoms. The van der Waals surface area contributed by atoms with Gasteiger partial charge in [0.25, 0.3) is 0 Å². The van der Waals surface area contributed by atoms with Crippen molar-refractivity contribution < 1.29 is 0 Å². The second-order valence-corrected chi connectivity index (χ2v) is 10.5. The van der Waals surface area contributed by atoms with Crippen molar-refractivity contribution in [3.63, 3.8) is 0 Å². The van der Waals surface area contributed by atoms with Crippen LogP contribution in [0, 0.1) is 5.92 Å². The number of halogens is 1. The predicted molar refractivity (Wildman–Crippen MR) is 129 cm³/mol. The standard InChI is InChI=1S/C24H36ClN7/c1-32-22(12-15-2-3-15)20(13-28-32)23-21(25)14-27-24(31-23)30-19-10-8-18(9-11-19)29-17-6-4-16(26)5-7-17/h13-19,29H,2-12,26H2,1H3,(H,27,30,31). The fraction of sp³-hybridized carbons (Fsp3) is 0.708. The minimum absolute atomic E-state index is 0.404. The lowest BCUT2D eigenvalue weighted by Crippen LogP contribution is -2.45. The number of nitrogens with two attached hydrogens (primary N) is 1. The summed E-state index contributed by atoms with van der Waals surface area (Å²) < 4.78 is 1.97. The van der Waals surface area contributed by atoms with Crippen LogP contribution < -0.4 is 16.4 Å². The van der Waals surface area contributed by atoms with Gasteiger partial charge >= 0.3 is 0 Å². The van der Waals surface area contributed by atoms with Crippen LogP contribution in [0.15, 0.2) is 12.4 Å². The Kier molecular flexibility index (Phi) is 6.67. The smallest absolute Gasteiger partial charge is 0.223 e. The molecule has 0 bridgehead atoms. The van der Waals surface area contributed by atoms with Crippen molar-refractivity contribution in [2.24, 2.45) is 18.7 Å². The summed E-state index contributed by atoms with van der Waals surface area (Å²) in [7, 11) is 2.00. The third kappa shape index (κ3) is 5.26. The first-order chi connectivity index (χ1) is 15.5. The van der Waals surface area contributed by atoms with E-state index in [2.05, 4.69) is 20.7 Å². The molecule has 8 heteroatoms. The summed E-state index contributed by atoms with van der Waals surface area (Å²) in [4.78, 5) is 9.30. The van der Waals surface area contributed by atoms with Crippen LogP contribution in [0.5, 0.6) is 0 Å². The van der Waals surface area contributed by atoms with Gasteiger partial charge in [0.05, 0.1) is 23.1 Å². The molecule has 0 amide bonds. The number of anilines is 1. The van der Waals surface area contributed by atoms with Crippen molar-refractivity contribution >= 4 is 17.5 Å². The SMILES string of the molecule is Cn1ncc(-c2nc(NC3CCC(NC4CCC(N)CC4)CC3)ncc2Cl)c1CC1CC1. The van der Waals surface area contributed by atoms with E-state index < -0.39 is 0 Å². The summed E-state index contributed by atoms with van der Waals surface area (Å²) in [6.45, 7) is 0. The zero-order chi connectivity index (χ0) is 22.1. The number of aromatic nitrogens is 4. The van der Waals surface area contributed by atoms with Gasteiger partial charge in [-0.25, -0.2) is 9.97 Å². The predicted octanol–water partition coefficient (Wildman–Crippen LogP) is 4.07. The highest BCUT2D eigenvalue weighted by Gasteiger charge is 2.28. The maximum atomic E-state index is 6.52. The molecule has 3 aliphatic carbocycles. The fourth-order valence-electron chi connectivity index (χ4n) is 5.33. The van der Waals surface area contributed by atoms with Crippen molar-refractivity contribution in [2.75, 3.05) is 5.32 Å². The molecular weight excluding hydrogens is 422 g/mol. The molecule has 4 N–H and O–H groups in total. The molecular formula is C24H36ClN7. The Labute approximate surface area is 195 Å². The van der Waals surface area contributed by atoms with Gasteiger partial charge in [-0.15, -0.1) is 0 Å². The maximum absolute atomic E-state index is 6.52. The van der Waals surface area contributed by atoms with Crippen LogP contribution >= 0.6 is 11.6 Å². The summed E-state index contributed by atoms with van der Waals surface area (Å²) >= 11 is 6.52. The summed E-state index contributed by atoms with van der Waals surface area (Å²) in [5, 5.41) is 12.5. The fourth-order valence-corrected chi connectivity index (χ4v) is 5.52. The highest BCUT2D eigenvalue weighted by molar-refractivity contribution is 6.32. The van der Waals surface area contributed by atoms with E-state index >= 15 is 0 Å². The van der Waals surface area contributed by atoms with Crippen LogP contribution in [0.4, 0.5) is 5.95 Å². The number of nitrogens with one attached hydrogen (secondary N) is 2. The van der Waals surface area contributed by atoms with E-state index in [0.717, 1.165) is 49.3 Å². The number of nitrogens with zero attached hydrogens (tertiary/aromatic N) is 4. The number of aryl methyl sites for hydroxylation is 1. The molecule has 2 aromatic heterocycles. The topological polar surface area (TPSA) is 93.7 Å². The van der Waals surface area contributed by atoms with Crippen LogP contribution in [-0.2, 0) is 13.5 Å². The Morgan fingerprint density at radius 2 is 1.62 bits per heavy atom. The molecule has 174 valence electrons. The molecule has 32 heavy (non-hydrogen) atoms. The Hall–Kier alpha value is -1.70. The van der Waals surface area contributed by atoms with Crippen LogP contribution in [0.3, 0.4) is 0 Å². The highest BCUT2D eigenvalue weighted by atomic mass is 35.5. The van der Waals surface area contributed by atoms with Gasteiger partial charge in [-0.2, -0.15) is 5.10 Å². The molecule has 0 saturated heterocycles. The van der Waals surface area contributed by atoms with Crippen molar-refractivity contribution in [1.29, 1.82) is 0 Å². The average molecular weight is 458 g/mol. The second-order valence-electron chi connectivity index (χ2n) is 10.1. The largest absolute Gasteiger partial charge is 0.351 e. The molecule has 0 atom stereocenters. The first kappa shape index (κ1) is 22.1. The lowest BCUT2D eigenvalue weighted by molar-refractivity contribution is 0.272. The van der Waals surface area contributed by atoms with Gasteiger partial charge in [0.15, 0.2) is 0 Å². The van der Waals surface area contributed by atoms with Gasteiger partial charge in [-0.05, 0) is 76.5 Å². The third-order valence-corrected chi connectivity index (χ3v) is 7.82. The van der Waals surface area contributed by atoms with E-state index in [1.807, 2.05) is 17.9 Å². The molecule has 0 unspecified atom stereocenters. The molecule has 3 saturated carbocycles. The Bertz CT molecular complexity index is 909. The van der Waals surface area contributed by atoms with E-state index in [9.17, 15) is 0 Å². The maximum Gasteiger partial charge on any atom is 0.223 e. The van der Waals surface area contributed by atoms with Crippen LogP contribution in [0.25, 0.3) is 11.3 Å². The van der Waals surface area contributed by atoms with E-state index in [1.165, 1.54) is 44.2 Å². The minimum Gasteiger partial charge on any atom is -0.351 e. The molecule has 2 aromatic rings. The van der Waals surface area contributed by atoms with E-state index in [4.69, 9.17) is 22.3 Å². The zero-order valence-electron chi connectivity index (χ0n) is 19.1. The van der Waals surface area contributed by atoms with Gasteiger partial charge in [0.2, 0.25) is 5.95 Å². The normalized spacial score (nSPS) is 28.6. The first-order valence-corrected chi connectivity index (χ1v) is 12.7. The molecule has 3 fully saturated rings. The van der Waals surface area contributed by atoms with Gasteiger partial charge < -0.3 is 16.4 Å². The van der Waals surface area contributed by atoms with Gasteiger partial charge in [-0.1, -0.05) is 11.6 Å². The molecule has 3 aliphatic rings. The minimum atomic E-state index is 0.404. The molecule has 0 radical (unpaired) electrons. The number of rotatable bonds is 7. The number of hydrogen-bond acceptors (Lipinski definition) is 6. The van der Waals surface area contributed by atoms with Crippen LogP contribution in [0.2, 0.25) is 5.02 Å². The second kappa shape index (κ2) is 9.65. The van der Waals surface area contributed by atoms with Gasteiger partial charge in [-0.3, -0.25) is 4.68 Å². The third-order valence-electron chi connectivity index (χ3n) is 7.54. The molecule has 2 heterocycles. The average Bonchev–Trinajstić information content (AvgIpc) is 3.55. The van der Waals surface area contributed by atoms with Crippen molar-refractivity contribution in [2.45, 2.75) is 94.8 Å².